The lowest BCUT2D eigenvalue weighted by Crippen LogP contribution is -1.92. The summed E-state index contributed by atoms with van der Waals surface area (Å²) in [4.78, 5) is 0. The van der Waals surface area contributed by atoms with Gasteiger partial charge in [0, 0.05) is 5.69 Å². The van der Waals surface area contributed by atoms with Gasteiger partial charge in [-0.25, -0.2) is 0 Å². The van der Waals surface area contributed by atoms with E-state index in [9.17, 15) is 0 Å². The van der Waals surface area contributed by atoms with E-state index in [1.807, 2.05) is 0 Å². The minimum atomic E-state index is 0.848. The Morgan fingerprint density at radius 1 is 0.581 bits per heavy atom. The molecule has 0 aliphatic rings. The van der Waals surface area contributed by atoms with Gasteiger partial charge in [-0.2, -0.15) is 0 Å². The molecule has 0 radical (unpaired) electrons. The first-order valence-electron chi connectivity index (χ1n) is 12.1. The second-order valence-electron chi connectivity index (χ2n) is 9.24. The predicted octanol–water partition coefficient (Wildman–Crippen LogP) is 9.00. The SMILES string of the molecule is CCCCCCCCCCc1cc2cccc3c4cccc5cc(N)cc(c(c1)c23)c54. The van der Waals surface area contributed by atoms with Gasteiger partial charge in [-0.3, -0.25) is 0 Å². The molecule has 0 amide bonds. The Balaban J connectivity index is 1.49. The fourth-order valence-corrected chi connectivity index (χ4v) is 5.42. The molecule has 0 aliphatic carbocycles. The molecule has 0 unspecified atom stereocenters. The maximum atomic E-state index is 6.32. The molecule has 5 aromatic rings. The Hall–Kier alpha value is -2.80. The quantitative estimate of drug-likeness (QED) is 0.112. The van der Waals surface area contributed by atoms with Crippen LogP contribution in [0.5, 0.6) is 0 Å². The fourth-order valence-electron chi connectivity index (χ4n) is 5.42. The molecule has 1 nitrogen and oxygen atoms in total. The third-order valence-corrected chi connectivity index (χ3v) is 6.94. The minimum Gasteiger partial charge on any atom is -0.399 e. The van der Waals surface area contributed by atoms with E-state index < -0.39 is 0 Å². The van der Waals surface area contributed by atoms with E-state index >= 15 is 0 Å². The summed E-state index contributed by atoms with van der Waals surface area (Å²) in [6, 6.07) is 22.5. The van der Waals surface area contributed by atoms with E-state index in [4.69, 9.17) is 5.73 Å². The largest absolute Gasteiger partial charge is 0.399 e. The summed E-state index contributed by atoms with van der Waals surface area (Å²) in [5.74, 6) is 0. The van der Waals surface area contributed by atoms with Crippen molar-refractivity contribution >= 4 is 48.8 Å². The number of nitrogen functional groups attached to an aromatic ring is 1. The number of anilines is 1. The number of hydrogen-bond donors (Lipinski definition) is 1. The van der Waals surface area contributed by atoms with Crippen molar-refractivity contribution in [3.63, 3.8) is 0 Å². The van der Waals surface area contributed by atoms with Crippen molar-refractivity contribution in [1.29, 1.82) is 0 Å². The van der Waals surface area contributed by atoms with E-state index in [2.05, 4.69) is 67.6 Å². The molecule has 158 valence electrons. The topological polar surface area (TPSA) is 26.0 Å². The first-order valence-corrected chi connectivity index (χ1v) is 12.1. The number of rotatable bonds is 9. The fraction of sp³-hybridized carbons (Fsp3) is 0.333. The van der Waals surface area contributed by atoms with Crippen LogP contribution in [0.3, 0.4) is 0 Å². The Labute approximate surface area is 185 Å². The van der Waals surface area contributed by atoms with Crippen LogP contribution in [0.4, 0.5) is 5.69 Å². The van der Waals surface area contributed by atoms with Gasteiger partial charge in [-0.1, -0.05) is 100 Å². The molecule has 0 bridgehead atoms. The number of hydrogen-bond acceptors (Lipinski definition) is 1. The van der Waals surface area contributed by atoms with Crippen molar-refractivity contribution in [1.82, 2.24) is 0 Å². The van der Waals surface area contributed by atoms with Gasteiger partial charge < -0.3 is 5.73 Å². The standard InChI is InChI=1S/C30H33N/c1-2-3-4-5-6-7-8-9-12-21-17-22-13-10-15-25-26-16-11-14-23-19-24(31)20-28(30(23)26)27(18-21)29(22)25/h10-11,13-20H,2-9,12,31H2,1H3. The third-order valence-electron chi connectivity index (χ3n) is 6.94. The second kappa shape index (κ2) is 8.75. The predicted molar refractivity (Wildman–Crippen MR) is 138 cm³/mol. The van der Waals surface area contributed by atoms with Crippen LogP contribution < -0.4 is 5.73 Å². The molecule has 5 aromatic carbocycles. The maximum absolute atomic E-state index is 6.32. The van der Waals surface area contributed by atoms with Crippen LogP contribution in [0.2, 0.25) is 0 Å². The summed E-state index contributed by atoms with van der Waals surface area (Å²) < 4.78 is 0. The van der Waals surface area contributed by atoms with Gasteiger partial charge in [-0.05, 0) is 73.6 Å². The van der Waals surface area contributed by atoms with Crippen LogP contribution in [-0.2, 0) is 6.42 Å². The number of aryl methyl sites for hydroxylation is 1. The molecule has 0 saturated carbocycles. The van der Waals surface area contributed by atoms with E-state index in [1.165, 1.54) is 100 Å². The summed E-state index contributed by atoms with van der Waals surface area (Å²) in [6.45, 7) is 2.28. The number of unbranched alkanes of at least 4 members (excludes halogenated alkanes) is 7. The number of benzene rings is 5. The molecule has 0 fully saturated rings. The average Bonchev–Trinajstić information content (AvgIpc) is 2.78. The highest BCUT2D eigenvalue weighted by Crippen LogP contribution is 2.41. The van der Waals surface area contributed by atoms with Crippen LogP contribution in [-0.4, -0.2) is 0 Å². The summed E-state index contributed by atoms with van der Waals surface area (Å²) >= 11 is 0. The number of fused-ring (bicyclic) bond motifs is 2. The van der Waals surface area contributed by atoms with E-state index in [0.29, 0.717) is 0 Å². The van der Waals surface area contributed by atoms with Crippen molar-refractivity contribution in [3.8, 4) is 0 Å². The van der Waals surface area contributed by atoms with Crippen LogP contribution >= 0.6 is 0 Å². The Morgan fingerprint density at radius 3 is 1.84 bits per heavy atom. The summed E-state index contributed by atoms with van der Waals surface area (Å²) in [5, 5.41) is 10.7. The lowest BCUT2D eigenvalue weighted by Gasteiger charge is -2.16. The van der Waals surface area contributed by atoms with Crippen LogP contribution in [0, 0.1) is 0 Å². The molecule has 0 atom stereocenters. The number of nitrogens with two attached hydrogens (primary N) is 1. The van der Waals surface area contributed by atoms with Crippen LogP contribution in [0.25, 0.3) is 43.1 Å². The van der Waals surface area contributed by atoms with Gasteiger partial charge in [0.1, 0.15) is 0 Å². The van der Waals surface area contributed by atoms with Crippen LogP contribution in [0.15, 0.2) is 60.7 Å². The molecule has 0 spiro atoms. The Kier molecular flexibility index (Phi) is 5.68. The molecular weight excluding hydrogens is 374 g/mol. The summed E-state index contributed by atoms with van der Waals surface area (Å²) in [7, 11) is 0. The molecule has 5 rings (SSSR count). The third kappa shape index (κ3) is 3.83. The van der Waals surface area contributed by atoms with Crippen molar-refractivity contribution < 1.29 is 0 Å². The van der Waals surface area contributed by atoms with Gasteiger partial charge in [-0.15, -0.1) is 0 Å². The highest BCUT2D eigenvalue weighted by Gasteiger charge is 2.14. The van der Waals surface area contributed by atoms with Gasteiger partial charge in [0.25, 0.3) is 0 Å². The van der Waals surface area contributed by atoms with Crippen molar-refractivity contribution in [3.05, 3.63) is 66.2 Å². The normalized spacial score (nSPS) is 12.0. The van der Waals surface area contributed by atoms with Crippen LogP contribution in [0.1, 0.15) is 63.9 Å². The van der Waals surface area contributed by atoms with Gasteiger partial charge >= 0.3 is 0 Å². The second-order valence-corrected chi connectivity index (χ2v) is 9.24. The zero-order valence-corrected chi connectivity index (χ0v) is 18.7. The molecule has 0 heterocycles. The monoisotopic (exact) mass is 407 g/mol. The highest BCUT2D eigenvalue weighted by molar-refractivity contribution is 6.33. The molecule has 2 N–H and O–H groups in total. The molecule has 0 aliphatic heterocycles. The zero-order valence-electron chi connectivity index (χ0n) is 18.7. The van der Waals surface area contributed by atoms with Gasteiger partial charge in [0.2, 0.25) is 0 Å². The Morgan fingerprint density at radius 2 is 1.16 bits per heavy atom. The van der Waals surface area contributed by atoms with Crippen molar-refractivity contribution in [2.24, 2.45) is 0 Å². The first kappa shape index (κ1) is 20.1. The Bertz CT molecular complexity index is 1330. The lowest BCUT2D eigenvalue weighted by atomic mass is 9.88. The molecule has 31 heavy (non-hydrogen) atoms. The lowest BCUT2D eigenvalue weighted by molar-refractivity contribution is 0.575. The van der Waals surface area contributed by atoms with Gasteiger partial charge in [0.05, 0.1) is 0 Å². The summed E-state index contributed by atoms with van der Waals surface area (Å²) in [6.07, 6.45) is 12.1. The van der Waals surface area contributed by atoms with E-state index in [-0.39, 0.29) is 0 Å². The minimum absolute atomic E-state index is 0.848. The average molecular weight is 408 g/mol. The van der Waals surface area contributed by atoms with E-state index in [0.717, 1.165) is 12.1 Å². The summed E-state index contributed by atoms with van der Waals surface area (Å²) in [5.41, 5.74) is 8.62. The first-order chi connectivity index (χ1) is 15.3. The zero-order chi connectivity index (χ0) is 21.2. The molecule has 0 saturated heterocycles. The molecular formula is C30H33N. The molecule has 0 aromatic heterocycles. The highest BCUT2D eigenvalue weighted by atomic mass is 14.5. The van der Waals surface area contributed by atoms with Crippen molar-refractivity contribution in [2.75, 3.05) is 5.73 Å². The van der Waals surface area contributed by atoms with Gasteiger partial charge in [0.15, 0.2) is 0 Å². The van der Waals surface area contributed by atoms with E-state index in [1.54, 1.807) is 0 Å². The van der Waals surface area contributed by atoms with Crippen molar-refractivity contribution in [2.45, 2.75) is 64.7 Å². The molecule has 1 heteroatoms. The smallest absolute Gasteiger partial charge is 0.0326 e. The maximum Gasteiger partial charge on any atom is 0.0326 e.